The van der Waals surface area contributed by atoms with Crippen molar-refractivity contribution in [2.45, 2.75) is 89.9 Å². The van der Waals surface area contributed by atoms with Crippen molar-refractivity contribution in [3.63, 3.8) is 0 Å². The van der Waals surface area contributed by atoms with Crippen LogP contribution in [-0.2, 0) is 4.79 Å². The molecule has 1 fully saturated rings. The molecule has 2 heterocycles. The first-order valence-corrected chi connectivity index (χ1v) is 14.1. The van der Waals surface area contributed by atoms with Gasteiger partial charge in [0.25, 0.3) is 5.91 Å². The van der Waals surface area contributed by atoms with Gasteiger partial charge in [-0.05, 0) is 41.6 Å². The van der Waals surface area contributed by atoms with Crippen LogP contribution in [0.2, 0.25) is 16.6 Å². The van der Waals surface area contributed by atoms with Crippen molar-refractivity contribution >= 4 is 25.6 Å². The molecule has 1 aliphatic carbocycles. The van der Waals surface area contributed by atoms with Crippen LogP contribution in [-0.4, -0.2) is 41.0 Å². The zero-order valence-electron chi connectivity index (χ0n) is 20.2. The van der Waals surface area contributed by atoms with Gasteiger partial charge in [0.15, 0.2) is 0 Å². The number of carbonyl (C=O) groups excluding carboxylic acids is 1. The number of fused-ring (bicyclic) bond motifs is 1. The number of pyridine rings is 1. The first kappa shape index (κ1) is 24.3. The molecule has 0 bridgehead atoms. The Morgan fingerprint density at radius 3 is 2.38 bits per heavy atom. The van der Waals surface area contributed by atoms with Gasteiger partial charge in [0.1, 0.15) is 13.8 Å². The molecule has 1 aromatic rings. The molecule has 6 heteroatoms. The largest absolute Gasteiger partial charge is 0.478 e. The highest BCUT2D eigenvalue weighted by molar-refractivity contribution is 6.90. The predicted molar refractivity (Wildman–Crippen MR) is 131 cm³/mol. The quantitative estimate of drug-likeness (QED) is 0.351. The smallest absolute Gasteiger partial charge is 0.330 e. The van der Waals surface area contributed by atoms with Gasteiger partial charge in [-0.2, -0.15) is 0 Å². The second-order valence-corrected chi connectivity index (χ2v) is 15.6. The Bertz CT molecular complexity index is 949. The van der Waals surface area contributed by atoms with Crippen LogP contribution in [0, 0.1) is 17.4 Å². The van der Waals surface area contributed by atoms with Crippen LogP contribution in [0.1, 0.15) is 83.3 Å². The van der Waals surface area contributed by atoms with E-state index in [1.54, 1.807) is 23.2 Å². The van der Waals surface area contributed by atoms with E-state index in [1.165, 1.54) is 0 Å². The first-order chi connectivity index (χ1) is 15.1. The van der Waals surface area contributed by atoms with Crippen LogP contribution in [0.3, 0.4) is 0 Å². The predicted octanol–water partition coefficient (Wildman–Crippen LogP) is 5.74. The highest BCUT2D eigenvalue weighted by Crippen LogP contribution is 2.42. The topological polar surface area (TPSA) is 70.5 Å². The van der Waals surface area contributed by atoms with E-state index in [4.69, 9.17) is 0 Å². The van der Waals surface area contributed by atoms with E-state index in [9.17, 15) is 14.7 Å². The molecule has 1 aliphatic heterocycles. The average molecular weight is 453 g/mol. The summed E-state index contributed by atoms with van der Waals surface area (Å²) < 4.78 is 0. The number of carbonyl (C=O) groups is 2. The van der Waals surface area contributed by atoms with Crippen molar-refractivity contribution in [2.75, 3.05) is 0 Å². The van der Waals surface area contributed by atoms with Gasteiger partial charge >= 0.3 is 5.97 Å². The van der Waals surface area contributed by atoms with Crippen molar-refractivity contribution in [1.82, 2.24) is 9.88 Å². The monoisotopic (exact) mass is 452 g/mol. The molecule has 1 aromatic heterocycles. The van der Waals surface area contributed by atoms with E-state index in [1.807, 2.05) is 0 Å². The van der Waals surface area contributed by atoms with Crippen molar-refractivity contribution < 1.29 is 14.7 Å². The fraction of sp³-hybridized carbons (Fsp3) is 0.577. The van der Waals surface area contributed by atoms with Gasteiger partial charge < -0.3 is 10.0 Å². The summed E-state index contributed by atoms with van der Waals surface area (Å²) in [6.45, 7) is 13.8. The van der Waals surface area contributed by atoms with E-state index in [0.717, 1.165) is 31.8 Å². The summed E-state index contributed by atoms with van der Waals surface area (Å²) in [5.41, 5.74) is 6.87. The summed E-state index contributed by atoms with van der Waals surface area (Å²) in [6, 6.07) is 3.41. The summed E-state index contributed by atoms with van der Waals surface area (Å²) in [6.07, 6.45) is 6.60. The number of rotatable bonds is 5. The van der Waals surface area contributed by atoms with Crippen LogP contribution in [0.4, 0.5) is 0 Å². The maximum atomic E-state index is 13.3. The van der Waals surface area contributed by atoms with Gasteiger partial charge in [-0.15, -0.1) is 11.5 Å². The standard InChI is InChI=1S/C26H36N2O3Si/c1-17(2)32(18(3)4,19(5)6)15-13-20-10-7-8-12-22(20)28-23(16-24(29)30)21-11-9-14-27-25(21)26(28)31/h9,11,14,16-20,22H,7-8,10,12H2,1-6H3,(H,29,30)/b23-16+. The molecule has 2 aliphatic rings. The molecular formula is C26H36N2O3Si. The molecule has 0 radical (unpaired) electrons. The molecule has 3 rings (SSSR count). The number of hydrogen-bond donors (Lipinski definition) is 1. The van der Waals surface area contributed by atoms with Crippen molar-refractivity contribution in [2.24, 2.45) is 5.92 Å². The number of carboxylic acid groups (broad SMARTS) is 1. The number of amides is 1. The molecule has 5 nitrogen and oxygen atoms in total. The number of hydrogen-bond acceptors (Lipinski definition) is 3. The lowest BCUT2D eigenvalue weighted by Crippen LogP contribution is -2.45. The highest BCUT2D eigenvalue weighted by Gasteiger charge is 2.44. The van der Waals surface area contributed by atoms with Gasteiger partial charge in [-0.25, -0.2) is 4.79 Å². The Morgan fingerprint density at radius 2 is 1.78 bits per heavy atom. The minimum absolute atomic E-state index is 0.0438. The summed E-state index contributed by atoms with van der Waals surface area (Å²) in [5, 5.41) is 9.50. The molecule has 0 saturated heterocycles. The molecule has 1 amide bonds. The average Bonchev–Trinajstić information content (AvgIpc) is 2.99. The number of aliphatic carboxylic acids is 1. The van der Waals surface area contributed by atoms with E-state index in [2.05, 4.69) is 58.0 Å². The number of aromatic nitrogens is 1. The van der Waals surface area contributed by atoms with Gasteiger partial charge in [0.05, 0.1) is 11.7 Å². The van der Waals surface area contributed by atoms with Crippen molar-refractivity contribution in [3.05, 3.63) is 35.7 Å². The minimum atomic E-state index is -1.89. The molecule has 1 saturated carbocycles. The van der Waals surface area contributed by atoms with Crippen LogP contribution >= 0.6 is 0 Å². The molecule has 0 aromatic carbocycles. The third-order valence-corrected chi connectivity index (χ3v) is 13.7. The molecule has 2 unspecified atom stereocenters. The van der Waals surface area contributed by atoms with Crippen molar-refractivity contribution in [1.29, 1.82) is 0 Å². The highest BCUT2D eigenvalue weighted by atomic mass is 28.3. The lowest BCUT2D eigenvalue weighted by molar-refractivity contribution is -0.131. The lowest BCUT2D eigenvalue weighted by atomic mass is 9.84. The fourth-order valence-corrected chi connectivity index (χ4v) is 11.3. The molecular weight excluding hydrogens is 416 g/mol. The van der Waals surface area contributed by atoms with E-state index >= 15 is 0 Å². The molecule has 0 spiro atoms. The maximum Gasteiger partial charge on any atom is 0.330 e. The van der Waals surface area contributed by atoms with E-state index in [0.29, 0.717) is 33.6 Å². The second-order valence-electron chi connectivity index (χ2n) is 10.1. The van der Waals surface area contributed by atoms with Gasteiger partial charge in [-0.1, -0.05) is 54.4 Å². The first-order valence-electron chi connectivity index (χ1n) is 11.9. The minimum Gasteiger partial charge on any atom is -0.478 e. The Balaban J connectivity index is 2.05. The van der Waals surface area contributed by atoms with Crippen LogP contribution in [0.15, 0.2) is 24.4 Å². The Morgan fingerprint density at radius 1 is 1.16 bits per heavy atom. The summed E-state index contributed by atoms with van der Waals surface area (Å²) in [4.78, 5) is 30.9. The normalized spacial score (nSPS) is 22.5. The Hall–Kier alpha value is -2.39. The maximum absolute atomic E-state index is 13.3. The zero-order valence-corrected chi connectivity index (χ0v) is 21.2. The lowest BCUT2D eigenvalue weighted by Gasteiger charge is -2.39. The van der Waals surface area contributed by atoms with E-state index in [-0.39, 0.29) is 17.9 Å². The third kappa shape index (κ3) is 4.28. The van der Waals surface area contributed by atoms with Gasteiger partial charge in [-0.3, -0.25) is 9.78 Å². The van der Waals surface area contributed by atoms with Gasteiger partial charge in [0, 0.05) is 23.8 Å². The van der Waals surface area contributed by atoms with Gasteiger partial charge in [0.2, 0.25) is 0 Å². The molecule has 172 valence electrons. The molecule has 32 heavy (non-hydrogen) atoms. The summed E-state index contributed by atoms with van der Waals surface area (Å²) in [5.74, 6) is 2.46. The zero-order chi connectivity index (χ0) is 23.6. The number of carboxylic acids is 1. The van der Waals surface area contributed by atoms with Crippen LogP contribution < -0.4 is 0 Å². The van der Waals surface area contributed by atoms with E-state index < -0.39 is 14.0 Å². The SMILES string of the molecule is CC(C)[Si](C#CC1CCCCC1N1C(=O)c2ncccc2/C1=C\C(=O)O)(C(C)C)C(C)C. The number of nitrogens with zero attached hydrogens (tertiary/aromatic N) is 2. The summed E-state index contributed by atoms with van der Waals surface area (Å²) in [7, 11) is -1.89. The van der Waals surface area contributed by atoms with Crippen LogP contribution in [0.25, 0.3) is 5.70 Å². The van der Waals surface area contributed by atoms with Crippen LogP contribution in [0.5, 0.6) is 0 Å². The summed E-state index contributed by atoms with van der Waals surface area (Å²) >= 11 is 0. The second kappa shape index (κ2) is 9.62. The third-order valence-electron chi connectivity index (χ3n) is 7.43. The Labute approximate surface area is 193 Å². The molecule has 2 atom stereocenters. The fourth-order valence-electron chi connectivity index (χ4n) is 5.97. The molecule has 1 N–H and O–H groups in total. The van der Waals surface area contributed by atoms with Crippen molar-refractivity contribution in [3.8, 4) is 11.5 Å². The Kier molecular flexibility index (Phi) is 7.29.